The fourth-order valence-corrected chi connectivity index (χ4v) is 7.28. The highest BCUT2D eigenvalue weighted by atomic mass is 79.9. The predicted octanol–water partition coefficient (Wildman–Crippen LogP) is 3.60. The quantitative estimate of drug-likeness (QED) is 0.521. The van der Waals surface area contributed by atoms with Gasteiger partial charge in [-0.05, 0) is 17.7 Å². The Morgan fingerprint density at radius 2 is 1.76 bits per heavy atom. The lowest BCUT2D eigenvalue weighted by Gasteiger charge is -2.38. The van der Waals surface area contributed by atoms with E-state index in [4.69, 9.17) is 16.3 Å². The molecule has 2 aliphatic rings. The second kappa shape index (κ2) is 7.86. The van der Waals surface area contributed by atoms with E-state index in [-0.39, 0.29) is 16.5 Å². The lowest BCUT2D eigenvalue weighted by atomic mass is 9.78. The molecule has 2 unspecified atom stereocenters. The number of hydrogen-bond acceptors (Lipinski definition) is 6. The number of pyridine rings is 1. The Morgan fingerprint density at radius 3 is 2.38 bits per heavy atom. The second-order valence-electron chi connectivity index (χ2n) is 8.58. The Kier molecular flexibility index (Phi) is 5.42. The number of benzene rings is 2. The molecule has 0 amide bonds. The topological polar surface area (TPSA) is 96.8 Å². The lowest BCUT2D eigenvalue weighted by molar-refractivity contribution is -0.151. The number of rotatable bonds is 4. The van der Waals surface area contributed by atoms with Crippen molar-refractivity contribution in [3.05, 3.63) is 93.2 Å². The monoisotopic (exact) mass is 562 g/mol. The van der Waals surface area contributed by atoms with Crippen LogP contribution in [-0.4, -0.2) is 47.9 Å². The van der Waals surface area contributed by atoms with Crippen LogP contribution in [0.2, 0.25) is 5.02 Å². The van der Waals surface area contributed by atoms with E-state index in [0.29, 0.717) is 11.1 Å². The fourth-order valence-electron chi connectivity index (χ4n) is 5.07. The molecule has 4 atom stereocenters. The molecule has 3 aromatic rings. The summed E-state index contributed by atoms with van der Waals surface area (Å²) in [7, 11) is -1.48. The van der Waals surface area contributed by atoms with Gasteiger partial charge in [-0.2, -0.15) is 0 Å². The first kappa shape index (κ1) is 23.4. The van der Waals surface area contributed by atoms with Crippen molar-refractivity contribution in [2.24, 2.45) is 0 Å². The van der Waals surface area contributed by atoms with Crippen molar-refractivity contribution < 1.29 is 23.1 Å². The number of aliphatic hydroxyl groups is 1. The van der Waals surface area contributed by atoms with E-state index >= 15 is 0 Å². The first-order valence-corrected chi connectivity index (χ1v) is 13.1. The molecule has 2 bridgehead atoms. The number of ketones is 1. The number of nitrogens with zero attached hydrogens (tertiary/aromatic N) is 2. The van der Waals surface area contributed by atoms with Gasteiger partial charge in [0, 0.05) is 36.4 Å². The minimum absolute atomic E-state index is 0.0647. The van der Waals surface area contributed by atoms with E-state index in [9.17, 15) is 18.3 Å². The smallest absolute Gasteiger partial charge is 0.221 e. The van der Waals surface area contributed by atoms with Crippen LogP contribution in [0.15, 0.2) is 71.3 Å². The molecule has 1 fully saturated rings. The SMILES string of the molecule is CN(C)S(=O)(=O)[C@@H]1C(c2ccccc2)C2(c3ccc(Br)cc3)Oc3cc(Cl)cnc3[C@@]1(O)C2=O. The number of halogens is 2. The van der Waals surface area contributed by atoms with Crippen LogP contribution in [0.5, 0.6) is 5.75 Å². The number of carbonyl (C=O) groups excluding carboxylic acids is 1. The lowest BCUT2D eigenvalue weighted by Crippen LogP contribution is -2.53. The number of Topliss-reactive ketones (excluding diaryl/α,β-unsaturated/α-hetero) is 1. The number of fused-ring (bicyclic) bond motifs is 4. The van der Waals surface area contributed by atoms with Crippen LogP contribution < -0.4 is 4.74 Å². The summed E-state index contributed by atoms with van der Waals surface area (Å²) >= 11 is 9.57. The predicted molar refractivity (Wildman–Crippen MR) is 130 cm³/mol. The average Bonchev–Trinajstić information content (AvgIpc) is 2.93. The minimum Gasteiger partial charge on any atom is -0.472 e. The largest absolute Gasteiger partial charge is 0.472 e. The van der Waals surface area contributed by atoms with Gasteiger partial charge >= 0.3 is 0 Å². The van der Waals surface area contributed by atoms with Gasteiger partial charge in [0.15, 0.2) is 5.60 Å². The van der Waals surface area contributed by atoms with Crippen molar-refractivity contribution in [3.8, 4) is 5.75 Å². The number of hydrogen-bond donors (Lipinski definition) is 1. The van der Waals surface area contributed by atoms with Gasteiger partial charge in [-0.3, -0.25) is 9.78 Å². The molecule has 1 aliphatic carbocycles. The van der Waals surface area contributed by atoms with Gasteiger partial charge in [-0.15, -0.1) is 0 Å². The molecule has 2 aromatic carbocycles. The van der Waals surface area contributed by atoms with Crippen LogP contribution in [0.3, 0.4) is 0 Å². The highest BCUT2D eigenvalue weighted by Crippen LogP contribution is 2.63. The highest BCUT2D eigenvalue weighted by Gasteiger charge is 2.78. The molecule has 7 nitrogen and oxygen atoms in total. The van der Waals surface area contributed by atoms with Gasteiger partial charge < -0.3 is 9.84 Å². The zero-order valence-corrected chi connectivity index (χ0v) is 21.3. The van der Waals surface area contributed by atoms with Crippen molar-refractivity contribution >= 4 is 43.3 Å². The van der Waals surface area contributed by atoms with Gasteiger partial charge in [-0.1, -0.05) is 70.0 Å². The van der Waals surface area contributed by atoms with Crippen molar-refractivity contribution in [3.63, 3.8) is 0 Å². The Hall–Kier alpha value is -2.30. The number of carbonyl (C=O) groups is 1. The number of ether oxygens (including phenoxy) is 1. The van der Waals surface area contributed by atoms with Crippen molar-refractivity contribution in [1.29, 1.82) is 0 Å². The molecule has 1 N–H and O–H groups in total. The summed E-state index contributed by atoms with van der Waals surface area (Å²) in [6.45, 7) is 0. The normalized spacial score (nSPS) is 28.0. The number of aromatic nitrogens is 1. The summed E-state index contributed by atoms with van der Waals surface area (Å²) in [6, 6.07) is 17.1. The van der Waals surface area contributed by atoms with Crippen molar-refractivity contribution in [1.82, 2.24) is 9.29 Å². The van der Waals surface area contributed by atoms with Crippen LogP contribution in [0, 0.1) is 0 Å². The fraction of sp³-hybridized carbons (Fsp3) is 0.250. The van der Waals surface area contributed by atoms with E-state index in [2.05, 4.69) is 20.9 Å². The second-order valence-corrected chi connectivity index (χ2v) is 12.2. The molecule has 10 heteroatoms. The maximum Gasteiger partial charge on any atom is 0.221 e. The molecular weight excluding hydrogens is 544 g/mol. The van der Waals surface area contributed by atoms with E-state index in [1.807, 2.05) is 0 Å². The molecule has 0 saturated heterocycles. The van der Waals surface area contributed by atoms with Crippen LogP contribution in [0.25, 0.3) is 0 Å². The minimum atomic E-state index is -4.23. The van der Waals surface area contributed by atoms with Crippen LogP contribution >= 0.6 is 27.5 Å². The van der Waals surface area contributed by atoms with E-state index in [1.165, 1.54) is 26.4 Å². The number of sulfonamides is 1. The Balaban J connectivity index is 1.94. The maximum absolute atomic E-state index is 14.3. The molecule has 1 aromatic heterocycles. The summed E-state index contributed by atoms with van der Waals surface area (Å²) in [5, 5.41) is 10.8. The third-order valence-corrected chi connectivity index (χ3v) is 9.56. The maximum atomic E-state index is 14.3. The van der Waals surface area contributed by atoms with Gasteiger partial charge in [0.05, 0.1) is 10.9 Å². The molecule has 1 saturated carbocycles. The Bertz CT molecular complexity index is 1400. The van der Waals surface area contributed by atoms with Crippen molar-refractivity contribution in [2.45, 2.75) is 22.4 Å². The van der Waals surface area contributed by atoms with Crippen molar-refractivity contribution in [2.75, 3.05) is 14.1 Å². The summed E-state index contributed by atoms with van der Waals surface area (Å²) in [4.78, 5) is 18.5. The molecule has 1 aliphatic heterocycles. The Morgan fingerprint density at radius 1 is 1.12 bits per heavy atom. The van der Waals surface area contributed by atoms with Crippen LogP contribution in [0.4, 0.5) is 0 Å². The zero-order chi connectivity index (χ0) is 24.5. The molecule has 2 heterocycles. The molecule has 176 valence electrons. The van der Waals surface area contributed by atoms with E-state index < -0.39 is 38.2 Å². The highest BCUT2D eigenvalue weighted by molar-refractivity contribution is 9.10. The molecular formula is C24H20BrClN2O5S. The molecule has 0 radical (unpaired) electrons. The van der Waals surface area contributed by atoms with Crippen LogP contribution in [-0.2, 0) is 26.0 Å². The molecule has 34 heavy (non-hydrogen) atoms. The van der Waals surface area contributed by atoms with E-state index in [1.54, 1.807) is 54.6 Å². The van der Waals surface area contributed by atoms with Gasteiger partial charge in [0.2, 0.25) is 21.4 Å². The summed E-state index contributed by atoms with van der Waals surface area (Å²) in [5.41, 5.74) is -3.54. The summed E-state index contributed by atoms with van der Waals surface area (Å²) < 4.78 is 35.8. The summed E-state index contributed by atoms with van der Waals surface area (Å²) in [5.74, 6) is -1.81. The molecule has 0 spiro atoms. The third kappa shape index (κ3) is 3.04. The third-order valence-electron chi connectivity index (χ3n) is 6.55. The van der Waals surface area contributed by atoms with Gasteiger partial charge in [-0.25, -0.2) is 12.7 Å². The Labute approximate surface area is 210 Å². The van der Waals surface area contributed by atoms with Gasteiger partial charge in [0.1, 0.15) is 16.7 Å². The van der Waals surface area contributed by atoms with E-state index in [0.717, 1.165) is 8.78 Å². The average molecular weight is 564 g/mol. The van der Waals surface area contributed by atoms with Gasteiger partial charge in [0.25, 0.3) is 0 Å². The zero-order valence-electron chi connectivity index (χ0n) is 18.1. The first-order chi connectivity index (χ1) is 16.0. The first-order valence-electron chi connectivity index (χ1n) is 10.4. The standard InChI is InChI=1S/C24H20BrClN2O5S/c1-28(2)34(31,32)21-19(14-6-4-3-5-7-14)24(15-8-10-16(25)11-9-15)22(29)23(21,30)20-18(33-24)12-17(26)13-27-20/h3-13,19,21,30H,1-2H3/t19?,21-,23+,24?/m1/s1. The van der Waals surface area contributed by atoms with Crippen LogP contribution in [0.1, 0.15) is 22.7 Å². The molecule has 5 rings (SSSR count). The summed E-state index contributed by atoms with van der Waals surface area (Å²) in [6.07, 6.45) is 1.26.